The van der Waals surface area contributed by atoms with Crippen LogP contribution in [0.1, 0.15) is 16.8 Å². The Balaban J connectivity index is 1.83. The number of hydrogen-bond acceptors (Lipinski definition) is 4. The van der Waals surface area contributed by atoms with Gasteiger partial charge < -0.3 is 14.2 Å². The van der Waals surface area contributed by atoms with Crippen molar-refractivity contribution in [2.45, 2.75) is 6.42 Å². The van der Waals surface area contributed by atoms with E-state index in [0.717, 1.165) is 6.29 Å². The Morgan fingerprint density at radius 1 is 0.963 bits per heavy atom. The molecule has 0 aromatic heterocycles. The van der Waals surface area contributed by atoms with Crippen molar-refractivity contribution in [3.63, 3.8) is 0 Å². The van der Waals surface area contributed by atoms with E-state index in [1.807, 2.05) is 0 Å². The van der Waals surface area contributed by atoms with Crippen LogP contribution in [-0.2, 0) is 0 Å². The summed E-state index contributed by atoms with van der Waals surface area (Å²) in [5, 5.41) is 0.649. The normalized spacial score (nSPS) is 10.2. The largest absolute Gasteiger partial charge is 0.493 e. The molecule has 0 heterocycles. The van der Waals surface area contributed by atoms with Crippen LogP contribution in [-0.4, -0.2) is 26.1 Å². The molecule has 0 unspecified atom stereocenters. The molecule has 0 radical (unpaired) electrons. The average molecular weight is 450 g/mol. The van der Waals surface area contributed by atoms with Crippen LogP contribution in [0.3, 0.4) is 0 Å². The molecule has 0 fully saturated rings. The minimum atomic E-state index is 0.116. The Bertz CT molecular complexity index is 781. The molecule has 0 saturated heterocycles. The maximum Gasteiger partial charge on any atom is 0.156 e. The minimum Gasteiger partial charge on any atom is -0.493 e. The maximum atomic E-state index is 10.9. The molecule has 2 aromatic carbocycles. The molecule has 2 rings (SSSR count). The fourth-order valence-electron chi connectivity index (χ4n) is 2.08. The van der Waals surface area contributed by atoms with Crippen molar-refractivity contribution in [1.82, 2.24) is 0 Å². The van der Waals surface area contributed by atoms with Crippen molar-refractivity contribution in [2.75, 3.05) is 19.8 Å². The fourth-order valence-corrected chi connectivity index (χ4v) is 2.79. The summed E-state index contributed by atoms with van der Waals surface area (Å²) in [6, 6.07) is 10.2. The van der Waals surface area contributed by atoms with E-state index in [0.29, 0.717) is 52.5 Å². The van der Waals surface area contributed by atoms with Gasteiger partial charge in [-0.05, 0) is 18.2 Å². The summed E-state index contributed by atoms with van der Waals surface area (Å²) in [6.07, 6.45) is 2.83. The summed E-state index contributed by atoms with van der Waals surface area (Å²) in [7, 11) is 0. The number of ether oxygens (including phenoxy) is 3. The second-order valence-corrected chi connectivity index (χ2v) is 7.05. The SMILES string of the molecule is O=Cc1ccccc1OCCCOc1c(Cl)cc(OCC=C(Cl)Cl)cc1Cl. The quantitative estimate of drug-likeness (QED) is 0.313. The highest BCUT2D eigenvalue weighted by Gasteiger charge is 2.11. The summed E-state index contributed by atoms with van der Waals surface area (Å²) in [6.45, 7) is 0.912. The second kappa shape index (κ2) is 11.3. The van der Waals surface area contributed by atoms with Gasteiger partial charge in [0, 0.05) is 18.6 Å². The number of para-hydroxylation sites is 1. The third-order valence-electron chi connectivity index (χ3n) is 3.30. The highest BCUT2D eigenvalue weighted by molar-refractivity contribution is 6.55. The summed E-state index contributed by atoms with van der Waals surface area (Å²) < 4.78 is 16.8. The van der Waals surface area contributed by atoms with Crippen molar-refractivity contribution < 1.29 is 19.0 Å². The van der Waals surface area contributed by atoms with E-state index in [9.17, 15) is 4.79 Å². The average Bonchev–Trinajstić information content (AvgIpc) is 2.63. The summed E-state index contributed by atoms with van der Waals surface area (Å²) in [4.78, 5) is 10.9. The number of aldehydes is 1. The number of hydrogen-bond donors (Lipinski definition) is 0. The van der Waals surface area contributed by atoms with Gasteiger partial charge in [0.1, 0.15) is 22.6 Å². The molecule has 0 N–H and O–H groups in total. The predicted octanol–water partition coefficient (Wildman–Crippen LogP) is 6.35. The van der Waals surface area contributed by atoms with Crippen molar-refractivity contribution in [2.24, 2.45) is 0 Å². The number of rotatable bonds is 10. The summed E-state index contributed by atoms with van der Waals surface area (Å²) in [5.41, 5.74) is 0.505. The van der Waals surface area contributed by atoms with E-state index in [1.165, 1.54) is 6.08 Å². The van der Waals surface area contributed by atoms with Crippen LogP contribution in [0.25, 0.3) is 0 Å². The monoisotopic (exact) mass is 448 g/mol. The molecule has 0 spiro atoms. The first-order chi connectivity index (χ1) is 13.0. The lowest BCUT2D eigenvalue weighted by Crippen LogP contribution is -2.06. The molecule has 0 atom stereocenters. The van der Waals surface area contributed by atoms with Crippen LogP contribution in [0.5, 0.6) is 17.2 Å². The zero-order chi connectivity index (χ0) is 19.6. The standard InChI is InChI=1S/C19H16Cl4O4/c20-15-10-14(25-9-6-18(22)23)11-16(21)19(15)27-8-3-7-26-17-5-2-1-4-13(17)12-24/h1-2,4-6,10-12H,3,7-9H2. The zero-order valence-corrected chi connectivity index (χ0v) is 17.1. The third kappa shape index (κ3) is 7.15. The Labute approximate surface area is 177 Å². The van der Waals surface area contributed by atoms with Crippen LogP contribution >= 0.6 is 46.4 Å². The highest BCUT2D eigenvalue weighted by atomic mass is 35.5. The van der Waals surface area contributed by atoms with Gasteiger partial charge in [0.2, 0.25) is 0 Å². The maximum absolute atomic E-state index is 10.9. The molecule has 0 aliphatic heterocycles. The number of halogens is 4. The van der Waals surface area contributed by atoms with Crippen molar-refractivity contribution in [3.05, 3.63) is 62.6 Å². The molecule has 8 heteroatoms. The molecular weight excluding hydrogens is 434 g/mol. The number of carbonyl (C=O) groups is 1. The molecule has 0 amide bonds. The van der Waals surface area contributed by atoms with Crippen LogP contribution in [0, 0.1) is 0 Å². The lowest BCUT2D eigenvalue weighted by molar-refractivity contribution is 0.111. The first kappa shape index (κ1) is 21.7. The van der Waals surface area contributed by atoms with E-state index >= 15 is 0 Å². The van der Waals surface area contributed by atoms with Crippen LogP contribution < -0.4 is 14.2 Å². The summed E-state index contributed by atoms with van der Waals surface area (Å²) in [5.74, 6) is 1.37. The molecule has 0 bridgehead atoms. The molecule has 2 aromatic rings. The van der Waals surface area contributed by atoms with Gasteiger partial charge in [0.05, 0.1) is 28.8 Å². The van der Waals surface area contributed by atoms with Gasteiger partial charge in [-0.15, -0.1) is 0 Å². The van der Waals surface area contributed by atoms with Crippen molar-refractivity contribution in [1.29, 1.82) is 0 Å². The van der Waals surface area contributed by atoms with Gasteiger partial charge >= 0.3 is 0 Å². The van der Waals surface area contributed by atoms with Crippen LogP contribution in [0.15, 0.2) is 47.0 Å². The second-order valence-electron chi connectivity index (χ2n) is 5.23. The summed E-state index contributed by atoms with van der Waals surface area (Å²) >= 11 is 23.4. The molecule has 0 aliphatic rings. The Morgan fingerprint density at radius 2 is 1.63 bits per heavy atom. The molecule has 0 aliphatic carbocycles. The first-order valence-electron chi connectivity index (χ1n) is 7.94. The Hall–Kier alpha value is -1.59. The molecule has 27 heavy (non-hydrogen) atoms. The Kier molecular flexibility index (Phi) is 9.08. The third-order valence-corrected chi connectivity index (χ3v) is 4.17. The smallest absolute Gasteiger partial charge is 0.156 e. The van der Waals surface area contributed by atoms with E-state index in [1.54, 1.807) is 36.4 Å². The van der Waals surface area contributed by atoms with E-state index < -0.39 is 0 Å². The van der Waals surface area contributed by atoms with E-state index in [-0.39, 0.29) is 11.1 Å². The van der Waals surface area contributed by atoms with Crippen molar-refractivity contribution >= 4 is 52.7 Å². The Morgan fingerprint density at radius 3 is 2.30 bits per heavy atom. The van der Waals surface area contributed by atoms with Gasteiger partial charge in [-0.3, -0.25) is 4.79 Å². The minimum absolute atomic E-state index is 0.116. The zero-order valence-electron chi connectivity index (χ0n) is 14.1. The lowest BCUT2D eigenvalue weighted by atomic mass is 10.2. The van der Waals surface area contributed by atoms with Crippen LogP contribution in [0.2, 0.25) is 10.0 Å². The topological polar surface area (TPSA) is 44.8 Å². The first-order valence-corrected chi connectivity index (χ1v) is 9.45. The molecule has 0 saturated carbocycles. The van der Waals surface area contributed by atoms with Crippen LogP contribution in [0.4, 0.5) is 0 Å². The molecule has 4 nitrogen and oxygen atoms in total. The highest BCUT2D eigenvalue weighted by Crippen LogP contribution is 2.37. The van der Waals surface area contributed by atoms with Crippen molar-refractivity contribution in [3.8, 4) is 17.2 Å². The van der Waals surface area contributed by atoms with Gasteiger partial charge in [-0.25, -0.2) is 0 Å². The fraction of sp³-hybridized carbons (Fsp3) is 0.211. The van der Waals surface area contributed by atoms with E-state index in [4.69, 9.17) is 60.6 Å². The molecular formula is C19H16Cl4O4. The number of carbonyl (C=O) groups excluding carboxylic acids is 1. The van der Waals surface area contributed by atoms with Gasteiger partial charge in [-0.2, -0.15) is 0 Å². The van der Waals surface area contributed by atoms with Gasteiger partial charge in [0.25, 0.3) is 0 Å². The van der Waals surface area contributed by atoms with Gasteiger partial charge in [0.15, 0.2) is 12.0 Å². The van der Waals surface area contributed by atoms with Gasteiger partial charge in [-0.1, -0.05) is 58.5 Å². The predicted molar refractivity (Wildman–Crippen MR) is 109 cm³/mol. The number of benzene rings is 2. The van der Waals surface area contributed by atoms with E-state index in [2.05, 4.69) is 0 Å². The lowest BCUT2D eigenvalue weighted by Gasteiger charge is -2.13. The molecule has 144 valence electrons.